The van der Waals surface area contributed by atoms with Crippen molar-refractivity contribution in [2.24, 2.45) is 0 Å². The van der Waals surface area contributed by atoms with Crippen LogP contribution in [-0.2, 0) is 11.2 Å². The van der Waals surface area contributed by atoms with Gasteiger partial charge in [0.1, 0.15) is 12.4 Å². The van der Waals surface area contributed by atoms with Gasteiger partial charge >= 0.3 is 0 Å². The molecule has 2 aromatic heterocycles. The van der Waals surface area contributed by atoms with E-state index in [4.69, 9.17) is 9.26 Å². The second-order valence-electron chi connectivity index (χ2n) is 5.77. The fourth-order valence-corrected chi connectivity index (χ4v) is 2.34. The molecule has 1 amide bonds. The van der Waals surface area contributed by atoms with Crippen LogP contribution in [0.1, 0.15) is 17.9 Å². The van der Waals surface area contributed by atoms with Crippen molar-refractivity contribution in [2.45, 2.75) is 19.8 Å². The van der Waals surface area contributed by atoms with Crippen LogP contribution in [0.4, 0.5) is 0 Å². The largest absolute Gasteiger partial charge is 0.492 e. The first-order valence-corrected chi connectivity index (χ1v) is 8.40. The lowest BCUT2D eigenvalue weighted by Crippen LogP contribution is -2.28. The Morgan fingerprint density at radius 1 is 1.27 bits per heavy atom. The monoisotopic (exact) mass is 352 g/mol. The maximum absolute atomic E-state index is 11.9. The number of amides is 1. The van der Waals surface area contributed by atoms with E-state index in [1.165, 1.54) is 0 Å². The molecule has 7 nitrogen and oxygen atoms in total. The number of carbonyl (C=O) groups is 1. The highest BCUT2D eigenvalue weighted by atomic mass is 16.5. The summed E-state index contributed by atoms with van der Waals surface area (Å²) < 4.78 is 10.8. The number of aromatic nitrogens is 3. The quantitative estimate of drug-likeness (QED) is 0.627. The molecule has 1 N–H and O–H groups in total. The smallest absolute Gasteiger partial charge is 0.227 e. The standard InChI is InChI=1S/C19H20N4O3/c1-14-4-2-6-16(12-14)25-11-10-21-17(24)7-8-18-22-19(23-26-18)15-5-3-9-20-13-15/h2-6,9,12-13H,7-8,10-11H2,1H3,(H,21,24). The van der Waals surface area contributed by atoms with E-state index in [0.717, 1.165) is 16.9 Å². The molecule has 7 heteroatoms. The van der Waals surface area contributed by atoms with Gasteiger partial charge in [0.05, 0.1) is 6.54 Å². The highest BCUT2D eigenvalue weighted by molar-refractivity contribution is 5.76. The minimum atomic E-state index is -0.0843. The van der Waals surface area contributed by atoms with Crippen molar-refractivity contribution in [3.63, 3.8) is 0 Å². The number of nitrogens with one attached hydrogen (secondary N) is 1. The van der Waals surface area contributed by atoms with Crippen LogP contribution < -0.4 is 10.1 Å². The first-order chi connectivity index (χ1) is 12.7. The molecule has 134 valence electrons. The number of benzene rings is 1. The normalized spacial score (nSPS) is 10.5. The fraction of sp³-hybridized carbons (Fsp3) is 0.263. The topological polar surface area (TPSA) is 90.1 Å². The van der Waals surface area contributed by atoms with Crippen LogP contribution in [0.5, 0.6) is 5.75 Å². The lowest BCUT2D eigenvalue weighted by atomic mass is 10.2. The second-order valence-corrected chi connectivity index (χ2v) is 5.77. The van der Waals surface area contributed by atoms with E-state index in [9.17, 15) is 4.79 Å². The third-order valence-corrected chi connectivity index (χ3v) is 3.64. The van der Waals surface area contributed by atoms with Gasteiger partial charge in [0.15, 0.2) is 0 Å². The number of carbonyl (C=O) groups excluding carboxylic acids is 1. The summed E-state index contributed by atoms with van der Waals surface area (Å²) in [5.74, 6) is 1.61. The molecule has 0 aliphatic heterocycles. The van der Waals surface area contributed by atoms with Gasteiger partial charge in [-0.2, -0.15) is 4.98 Å². The SMILES string of the molecule is Cc1cccc(OCCNC(=O)CCc2nc(-c3cccnc3)no2)c1. The molecule has 0 saturated heterocycles. The summed E-state index contributed by atoms with van der Waals surface area (Å²) >= 11 is 0. The minimum Gasteiger partial charge on any atom is -0.492 e. The van der Waals surface area contributed by atoms with E-state index in [0.29, 0.717) is 31.3 Å². The highest BCUT2D eigenvalue weighted by Crippen LogP contribution is 2.14. The Morgan fingerprint density at radius 3 is 3.00 bits per heavy atom. The average molecular weight is 352 g/mol. The number of hydrogen-bond acceptors (Lipinski definition) is 6. The van der Waals surface area contributed by atoms with Crippen molar-refractivity contribution >= 4 is 5.91 Å². The number of rotatable bonds is 8. The molecule has 3 rings (SSSR count). The van der Waals surface area contributed by atoms with Crippen molar-refractivity contribution < 1.29 is 14.1 Å². The summed E-state index contributed by atoms with van der Waals surface area (Å²) in [6, 6.07) is 11.4. The van der Waals surface area contributed by atoms with Crippen LogP contribution >= 0.6 is 0 Å². The van der Waals surface area contributed by atoms with E-state index in [-0.39, 0.29) is 12.3 Å². The Morgan fingerprint density at radius 2 is 2.19 bits per heavy atom. The lowest BCUT2D eigenvalue weighted by Gasteiger charge is -2.07. The lowest BCUT2D eigenvalue weighted by molar-refractivity contribution is -0.121. The molecule has 0 fully saturated rings. The van der Waals surface area contributed by atoms with Gasteiger partial charge in [-0.1, -0.05) is 17.3 Å². The first-order valence-electron chi connectivity index (χ1n) is 8.40. The van der Waals surface area contributed by atoms with Crippen molar-refractivity contribution in [2.75, 3.05) is 13.2 Å². The molecule has 0 saturated carbocycles. The molecule has 3 aromatic rings. The number of hydrogen-bond donors (Lipinski definition) is 1. The molecule has 0 bridgehead atoms. The van der Waals surface area contributed by atoms with Gasteiger partial charge in [-0.3, -0.25) is 9.78 Å². The number of nitrogens with zero attached hydrogens (tertiary/aromatic N) is 3. The van der Waals surface area contributed by atoms with Gasteiger partial charge in [-0.05, 0) is 36.8 Å². The van der Waals surface area contributed by atoms with Crippen molar-refractivity contribution in [3.8, 4) is 17.1 Å². The molecule has 0 aliphatic rings. The predicted molar refractivity (Wildman–Crippen MR) is 95.5 cm³/mol. The number of aryl methyl sites for hydroxylation is 2. The number of ether oxygens (including phenoxy) is 1. The summed E-state index contributed by atoms with van der Waals surface area (Å²) in [7, 11) is 0. The van der Waals surface area contributed by atoms with Crippen LogP contribution in [0.2, 0.25) is 0 Å². The second kappa shape index (κ2) is 8.75. The summed E-state index contributed by atoms with van der Waals surface area (Å²) in [6.45, 7) is 2.87. The van der Waals surface area contributed by atoms with Gasteiger partial charge in [0.25, 0.3) is 0 Å². The molecule has 0 radical (unpaired) electrons. The van der Waals surface area contributed by atoms with E-state index in [1.54, 1.807) is 18.5 Å². The maximum atomic E-state index is 11.9. The van der Waals surface area contributed by atoms with Crippen molar-refractivity contribution in [3.05, 3.63) is 60.2 Å². The Hall–Kier alpha value is -3.22. The first kappa shape index (κ1) is 17.6. The maximum Gasteiger partial charge on any atom is 0.227 e. The van der Waals surface area contributed by atoms with Crippen LogP contribution in [0.3, 0.4) is 0 Å². The third kappa shape index (κ3) is 5.14. The van der Waals surface area contributed by atoms with Crippen LogP contribution in [0.25, 0.3) is 11.4 Å². The molecule has 2 heterocycles. The molecular weight excluding hydrogens is 332 g/mol. The molecule has 0 aliphatic carbocycles. The summed E-state index contributed by atoms with van der Waals surface area (Å²) in [6.07, 6.45) is 4.00. The van der Waals surface area contributed by atoms with Gasteiger partial charge in [-0.25, -0.2) is 0 Å². The fourth-order valence-electron chi connectivity index (χ4n) is 2.34. The van der Waals surface area contributed by atoms with E-state index >= 15 is 0 Å². The van der Waals surface area contributed by atoms with E-state index in [1.807, 2.05) is 37.3 Å². The Kier molecular flexibility index (Phi) is 5.92. The molecule has 26 heavy (non-hydrogen) atoms. The summed E-state index contributed by atoms with van der Waals surface area (Å²) in [5, 5.41) is 6.72. The predicted octanol–water partition coefficient (Wildman–Crippen LogP) is 2.57. The molecule has 0 spiro atoms. The van der Waals surface area contributed by atoms with Crippen molar-refractivity contribution in [1.29, 1.82) is 0 Å². The Bertz CT molecular complexity index is 849. The average Bonchev–Trinajstić information content (AvgIpc) is 3.13. The molecule has 1 aromatic carbocycles. The summed E-state index contributed by atoms with van der Waals surface area (Å²) in [5.41, 5.74) is 1.91. The summed E-state index contributed by atoms with van der Waals surface area (Å²) in [4.78, 5) is 20.2. The van der Waals surface area contributed by atoms with Gasteiger partial charge in [0.2, 0.25) is 17.6 Å². The Balaban J connectivity index is 1.37. The zero-order chi connectivity index (χ0) is 18.2. The van der Waals surface area contributed by atoms with E-state index in [2.05, 4.69) is 20.4 Å². The highest BCUT2D eigenvalue weighted by Gasteiger charge is 2.10. The molecular formula is C19H20N4O3. The van der Waals surface area contributed by atoms with Crippen LogP contribution in [-0.4, -0.2) is 34.2 Å². The van der Waals surface area contributed by atoms with E-state index < -0.39 is 0 Å². The van der Waals surface area contributed by atoms with Gasteiger partial charge in [-0.15, -0.1) is 0 Å². The molecule has 0 unspecified atom stereocenters. The van der Waals surface area contributed by atoms with Crippen LogP contribution in [0, 0.1) is 6.92 Å². The zero-order valence-corrected chi connectivity index (χ0v) is 14.5. The Labute approximate surface area is 151 Å². The zero-order valence-electron chi connectivity index (χ0n) is 14.5. The number of pyridine rings is 1. The van der Waals surface area contributed by atoms with Gasteiger partial charge in [0, 0.05) is 30.8 Å². The minimum absolute atomic E-state index is 0.0843. The van der Waals surface area contributed by atoms with Crippen LogP contribution in [0.15, 0.2) is 53.3 Å². The van der Waals surface area contributed by atoms with Gasteiger partial charge < -0.3 is 14.6 Å². The van der Waals surface area contributed by atoms with Crippen molar-refractivity contribution in [1.82, 2.24) is 20.4 Å². The molecule has 0 atom stereocenters. The third-order valence-electron chi connectivity index (χ3n) is 3.64.